The molecule has 0 bridgehead atoms. The maximum absolute atomic E-state index is 13.2. The minimum atomic E-state index is -0.205. The van der Waals surface area contributed by atoms with Gasteiger partial charge < -0.3 is 20.5 Å². The molecular weight excluding hydrogens is 464 g/mol. The van der Waals surface area contributed by atoms with Crippen LogP contribution in [0, 0.1) is 11.8 Å². The minimum absolute atomic E-state index is 0.0475. The molecule has 1 saturated carbocycles. The molecule has 0 radical (unpaired) electrons. The van der Waals surface area contributed by atoms with Gasteiger partial charge in [-0.25, -0.2) is 9.97 Å². The van der Waals surface area contributed by atoms with Gasteiger partial charge in [0.2, 0.25) is 5.91 Å². The fourth-order valence-electron chi connectivity index (χ4n) is 6.06. The van der Waals surface area contributed by atoms with E-state index in [9.17, 15) is 9.59 Å². The van der Waals surface area contributed by atoms with Crippen molar-refractivity contribution >= 4 is 39.9 Å². The Labute approximate surface area is 216 Å². The van der Waals surface area contributed by atoms with Crippen LogP contribution in [-0.4, -0.2) is 43.8 Å². The van der Waals surface area contributed by atoms with Gasteiger partial charge in [-0.1, -0.05) is 24.8 Å². The number of nitrogens with zero attached hydrogens (tertiary/aromatic N) is 4. The number of nitrogens with one attached hydrogen (secondary N) is 1. The molecule has 1 saturated heterocycles. The normalized spacial score (nSPS) is 22.5. The molecule has 0 unspecified atom stereocenters. The zero-order valence-corrected chi connectivity index (χ0v) is 21.3. The number of carbonyl (C=O) groups is 2. The maximum Gasteiger partial charge on any atom is 0.250 e. The fraction of sp³-hybridized carbons (Fsp3) is 0.379. The number of nitrogens with two attached hydrogens (primary N) is 1. The first-order valence-electron chi connectivity index (χ1n) is 13.0. The number of hydrogen-bond acceptors (Lipinski definition) is 5. The smallest absolute Gasteiger partial charge is 0.250 e. The van der Waals surface area contributed by atoms with Crippen molar-refractivity contribution in [3.05, 3.63) is 54.4 Å². The van der Waals surface area contributed by atoms with Crippen molar-refractivity contribution in [1.29, 1.82) is 0 Å². The summed E-state index contributed by atoms with van der Waals surface area (Å²) in [7, 11) is 1.99. The first kappa shape index (κ1) is 23.5. The highest BCUT2D eigenvalue weighted by Gasteiger charge is 2.49. The fourth-order valence-corrected chi connectivity index (χ4v) is 6.06. The van der Waals surface area contributed by atoms with E-state index in [1.54, 1.807) is 6.92 Å². The Bertz CT molecular complexity index is 1470. The van der Waals surface area contributed by atoms with Crippen LogP contribution in [0.2, 0.25) is 0 Å². The van der Waals surface area contributed by atoms with Gasteiger partial charge >= 0.3 is 0 Å². The van der Waals surface area contributed by atoms with Crippen LogP contribution in [-0.2, 0) is 16.6 Å². The molecule has 1 aliphatic heterocycles. The molecule has 2 aromatic heterocycles. The Morgan fingerprint density at radius 2 is 1.95 bits per heavy atom. The van der Waals surface area contributed by atoms with Gasteiger partial charge in [-0.05, 0) is 68.2 Å². The Morgan fingerprint density at radius 3 is 2.57 bits per heavy atom. The predicted molar refractivity (Wildman–Crippen MR) is 145 cm³/mol. The van der Waals surface area contributed by atoms with Crippen molar-refractivity contribution in [3.8, 4) is 11.3 Å². The standard InChI is InChI=1S/C29H32N6O2/c1-16(2)28(36)33-21-10-8-18(9-11-21)25-23(24-26(30)31-15-32-27(24)34(25)3)17-4-6-19(7-5-17)29(37)35-13-12-20-14-22(20)35/h4,8-11,15,19-20,22H,1,5-7,12-14H2,2-3H3,(H,33,36)(H2,30,31,32)/t19-,20-,22+/m1/s1. The molecule has 3 aromatic rings. The Balaban J connectivity index is 1.35. The van der Waals surface area contributed by atoms with Gasteiger partial charge in [0.1, 0.15) is 17.8 Å². The van der Waals surface area contributed by atoms with Gasteiger partial charge in [0.25, 0.3) is 5.91 Å². The number of benzene rings is 1. The molecule has 6 rings (SSSR count). The summed E-state index contributed by atoms with van der Waals surface area (Å²) in [5, 5.41) is 3.70. The number of aryl methyl sites for hydroxylation is 1. The lowest BCUT2D eigenvalue weighted by molar-refractivity contribution is -0.135. The molecule has 8 heteroatoms. The molecule has 3 aliphatic rings. The van der Waals surface area contributed by atoms with Gasteiger partial charge in [0.15, 0.2) is 0 Å². The van der Waals surface area contributed by atoms with Gasteiger partial charge in [-0.3, -0.25) is 9.59 Å². The summed E-state index contributed by atoms with van der Waals surface area (Å²) in [6.07, 6.45) is 8.43. The number of fused-ring (bicyclic) bond motifs is 2. The third-order valence-electron chi connectivity index (χ3n) is 8.19. The van der Waals surface area contributed by atoms with E-state index in [1.165, 1.54) is 24.7 Å². The lowest BCUT2D eigenvalue weighted by Crippen LogP contribution is -2.36. The molecule has 0 spiro atoms. The van der Waals surface area contributed by atoms with Crippen LogP contribution in [0.4, 0.5) is 11.5 Å². The number of carbonyl (C=O) groups excluding carboxylic acids is 2. The SMILES string of the molecule is C=C(C)C(=O)Nc1ccc(-c2c(C3=CC[C@@H](C(=O)N4CC[C@@H]5C[C@@H]54)CC3)c3c(N)ncnc3n2C)cc1. The maximum atomic E-state index is 13.2. The quantitative estimate of drug-likeness (QED) is 0.505. The molecule has 8 nitrogen and oxygen atoms in total. The van der Waals surface area contributed by atoms with E-state index in [2.05, 4.69) is 37.4 Å². The highest BCUT2D eigenvalue weighted by Crippen LogP contribution is 2.47. The summed E-state index contributed by atoms with van der Waals surface area (Å²) in [5.74, 6) is 1.37. The molecule has 2 fully saturated rings. The number of rotatable bonds is 5. The summed E-state index contributed by atoms with van der Waals surface area (Å²) < 4.78 is 2.06. The predicted octanol–water partition coefficient (Wildman–Crippen LogP) is 4.54. The molecule has 3 atom stereocenters. The molecule has 1 aromatic carbocycles. The Hall–Kier alpha value is -3.94. The van der Waals surface area contributed by atoms with Gasteiger partial charge in [-0.2, -0.15) is 0 Å². The summed E-state index contributed by atoms with van der Waals surface area (Å²) in [6, 6.07) is 8.26. The summed E-state index contributed by atoms with van der Waals surface area (Å²) in [5.41, 5.74) is 12.5. The van der Waals surface area contributed by atoms with E-state index in [1.807, 2.05) is 31.3 Å². The lowest BCUT2D eigenvalue weighted by Gasteiger charge is -2.27. The highest BCUT2D eigenvalue weighted by molar-refractivity contribution is 6.05. The number of likely N-dealkylation sites (tertiary alicyclic amines) is 1. The second-order valence-electron chi connectivity index (χ2n) is 10.6. The summed E-state index contributed by atoms with van der Waals surface area (Å²) in [4.78, 5) is 36.2. The zero-order valence-electron chi connectivity index (χ0n) is 21.3. The molecule has 37 heavy (non-hydrogen) atoms. The number of piperidine rings is 1. The van der Waals surface area contributed by atoms with E-state index in [-0.39, 0.29) is 11.8 Å². The molecule has 2 amide bonds. The molecule has 3 heterocycles. The van der Waals surface area contributed by atoms with Crippen LogP contribution in [0.3, 0.4) is 0 Å². The molecule has 3 N–H and O–H groups in total. The number of nitrogen functional groups attached to an aromatic ring is 1. The van der Waals surface area contributed by atoms with Crippen LogP contribution >= 0.6 is 0 Å². The zero-order chi connectivity index (χ0) is 25.8. The largest absolute Gasteiger partial charge is 0.383 e. The van der Waals surface area contributed by atoms with E-state index >= 15 is 0 Å². The van der Waals surface area contributed by atoms with Crippen molar-refractivity contribution in [2.45, 2.75) is 45.1 Å². The van der Waals surface area contributed by atoms with E-state index < -0.39 is 0 Å². The number of aromatic nitrogens is 3. The number of allylic oxidation sites excluding steroid dienone is 2. The highest BCUT2D eigenvalue weighted by atomic mass is 16.2. The molecular formula is C29H32N6O2. The van der Waals surface area contributed by atoms with Crippen LogP contribution in [0.5, 0.6) is 0 Å². The van der Waals surface area contributed by atoms with Crippen molar-refractivity contribution in [3.63, 3.8) is 0 Å². The topological polar surface area (TPSA) is 106 Å². The number of anilines is 2. The third-order valence-corrected chi connectivity index (χ3v) is 8.19. The second kappa shape index (κ2) is 8.87. The van der Waals surface area contributed by atoms with Gasteiger partial charge in [0.05, 0.1) is 11.1 Å². The summed E-state index contributed by atoms with van der Waals surface area (Å²) >= 11 is 0. The third kappa shape index (κ3) is 4.00. The molecule has 190 valence electrons. The number of amides is 2. The lowest BCUT2D eigenvalue weighted by atomic mass is 9.84. The van der Waals surface area contributed by atoms with Crippen LogP contribution in [0.25, 0.3) is 27.9 Å². The van der Waals surface area contributed by atoms with Gasteiger partial charge in [0, 0.05) is 42.4 Å². The Kier molecular flexibility index (Phi) is 5.62. The van der Waals surface area contributed by atoms with Crippen molar-refractivity contribution in [1.82, 2.24) is 19.4 Å². The first-order valence-corrected chi connectivity index (χ1v) is 13.0. The van der Waals surface area contributed by atoms with Crippen molar-refractivity contribution in [2.24, 2.45) is 18.9 Å². The summed E-state index contributed by atoms with van der Waals surface area (Å²) in [6.45, 7) is 6.30. The van der Waals surface area contributed by atoms with Gasteiger partial charge in [-0.15, -0.1) is 0 Å². The van der Waals surface area contributed by atoms with E-state index in [4.69, 9.17) is 5.73 Å². The Morgan fingerprint density at radius 1 is 1.16 bits per heavy atom. The van der Waals surface area contributed by atoms with E-state index in [0.29, 0.717) is 29.0 Å². The van der Waals surface area contributed by atoms with Crippen molar-refractivity contribution in [2.75, 3.05) is 17.6 Å². The van der Waals surface area contributed by atoms with Crippen LogP contribution < -0.4 is 11.1 Å². The molecule has 2 aliphatic carbocycles. The van der Waals surface area contributed by atoms with Crippen molar-refractivity contribution < 1.29 is 9.59 Å². The van der Waals surface area contributed by atoms with E-state index in [0.717, 1.165) is 59.6 Å². The first-order chi connectivity index (χ1) is 17.8. The monoisotopic (exact) mass is 496 g/mol. The second-order valence-corrected chi connectivity index (χ2v) is 10.6. The van der Waals surface area contributed by atoms with Crippen LogP contribution in [0.1, 0.15) is 44.6 Å². The average molecular weight is 497 g/mol. The number of hydrogen-bond donors (Lipinski definition) is 2. The van der Waals surface area contributed by atoms with Crippen LogP contribution in [0.15, 0.2) is 48.8 Å². The minimum Gasteiger partial charge on any atom is -0.383 e. The average Bonchev–Trinajstić information content (AvgIpc) is 3.45.